The number of benzene rings is 2. The number of guanidine groups is 1. The van der Waals surface area contributed by atoms with E-state index in [0.717, 1.165) is 11.3 Å². The SMILES string of the molecule is CN=C(NCc1cccc(OC)c1)NCc1cc(Cl)ccc1OC(F)F. The molecule has 26 heavy (non-hydrogen) atoms. The molecule has 0 unspecified atom stereocenters. The highest BCUT2D eigenvalue weighted by Crippen LogP contribution is 2.24. The fraction of sp³-hybridized carbons (Fsp3) is 0.278. The molecule has 8 heteroatoms. The maximum Gasteiger partial charge on any atom is 0.387 e. The molecular weight excluding hydrogens is 364 g/mol. The highest BCUT2D eigenvalue weighted by atomic mass is 35.5. The van der Waals surface area contributed by atoms with Crippen LogP contribution in [0, 0.1) is 0 Å². The Balaban J connectivity index is 1.97. The number of rotatable bonds is 7. The van der Waals surface area contributed by atoms with Gasteiger partial charge in [0.1, 0.15) is 11.5 Å². The minimum Gasteiger partial charge on any atom is -0.497 e. The van der Waals surface area contributed by atoms with Crippen molar-refractivity contribution in [3.8, 4) is 11.5 Å². The zero-order valence-electron chi connectivity index (χ0n) is 14.4. The van der Waals surface area contributed by atoms with Crippen LogP contribution < -0.4 is 20.1 Å². The summed E-state index contributed by atoms with van der Waals surface area (Å²) in [5.74, 6) is 1.34. The Morgan fingerprint density at radius 2 is 1.92 bits per heavy atom. The number of aliphatic imine (C=N–C) groups is 1. The summed E-state index contributed by atoms with van der Waals surface area (Å²) in [5.41, 5.74) is 1.51. The van der Waals surface area contributed by atoms with Crippen molar-refractivity contribution in [1.29, 1.82) is 0 Å². The molecule has 2 aromatic carbocycles. The first kappa shape index (κ1) is 19.8. The van der Waals surface area contributed by atoms with Gasteiger partial charge in [0.05, 0.1) is 7.11 Å². The molecule has 0 aliphatic rings. The van der Waals surface area contributed by atoms with Crippen molar-refractivity contribution in [3.63, 3.8) is 0 Å². The van der Waals surface area contributed by atoms with E-state index >= 15 is 0 Å². The van der Waals surface area contributed by atoms with Gasteiger partial charge in [-0.3, -0.25) is 4.99 Å². The molecule has 0 saturated heterocycles. The Labute approximate surface area is 156 Å². The first-order chi connectivity index (χ1) is 12.5. The van der Waals surface area contributed by atoms with Crippen LogP contribution in [0.1, 0.15) is 11.1 Å². The summed E-state index contributed by atoms with van der Waals surface area (Å²) in [6.07, 6.45) is 0. The highest BCUT2D eigenvalue weighted by molar-refractivity contribution is 6.30. The van der Waals surface area contributed by atoms with Crippen molar-refractivity contribution in [3.05, 3.63) is 58.6 Å². The third kappa shape index (κ3) is 6.07. The number of nitrogens with one attached hydrogen (secondary N) is 2. The summed E-state index contributed by atoms with van der Waals surface area (Å²) < 4.78 is 34.7. The maximum absolute atomic E-state index is 12.5. The molecule has 0 aliphatic heterocycles. The van der Waals surface area contributed by atoms with Crippen LogP contribution in [0.5, 0.6) is 11.5 Å². The molecule has 5 nitrogen and oxygen atoms in total. The van der Waals surface area contributed by atoms with Gasteiger partial charge in [-0.05, 0) is 35.9 Å². The molecule has 0 fully saturated rings. The minimum absolute atomic E-state index is 0.0696. The first-order valence-electron chi connectivity index (χ1n) is 7.82. The van der Waals surface area contributed by atoms with Crippen LogP contribution >= 0.6 is 11.6 Å². The molecule has 140 valence electrons. The van der Waals surface area contributed by atoms with Gasteiger partial charge in [0.15, 0.2) is 5.96 Å². The largest absolute Gasteiger partial charge is 0.497 e. The Kier molecular flexibility index (Phi) is 7.47. The average molecular weight is 384 g/mol. The van der Waals surface area contributed by atoms with Crippen molar-refractivity contribution in [2.24, 2.45) is 4.99 Å². The average Bonchev–Trinajstić information content (AvgIpc) is 2.63. The normalized spacial score (nSPS) is 11.4. The Morgan fingerprint density at radius 1 is 1.15 bits per heavy atom. The molecular formula is C18H20ClF2N3O2. The Bertz CT molecular complexity index is 757. The van der Waals surface area contributed by atoms with E-state index < -0.39 is 6.61 Å². The number of hydrogen-bond acceptors (Lipinski definition) is 3. The van der Waals surface area contributed by atoms with E-state index in [1.165, 1.54) is 12.1 Å². The summed E-state index contributed by atoms with van der Waals surface area (Å²) in [4.78, 5) is 4.12. The lowest BCUT2D eigenvalue weighted by molar-refractivity contribution is -0.0504. The highest BCUT2D eigenvalue weighted by Gasteiger charge is 2.11. The van der Waals surface area contributed by atoms with Crippen LogP contribution in [0.4, 0.5) is 8.78 Å². The van der Waals surface area contributed by atoms with E-state index in [2.05, 4.69) is 20.4 Å². The number of alkyl halides is 2. The van der Waals surface area contributed by atoms with E-state index in [-0.39, 0.29) is 12.3 Å². The third-order valence-corrected chi connectivity index (χ3v) is 3.74. The van der Waals surface area contributed by atoms with E-state index in [9.17, 15) is 8.78 Å². The smallest absolute Gasteiger partial charge is 0.387 e. The molecule has 0 bridgehead atoms. The summed E-state index contributed by atoms with van der Waals surface area (Å²) in [6, 6.07) is 12.1. The van der Waals surface area contributed by atoms with E-state index in [1.54, 1.807) is 20.2 Å². The number of ether oxygens (including phenoxy) is 2. The number of nitrogens with zero attached hydrogens (tertiary/aromatic N) is 1. The molecule has 0 aromatic heterocycles. The fourth-order valence-corrected chi connectivity index (χ4v) is 2.46. The number of halogens is 3. The van der Waals surface area contributed by atoms with E-state index in [1.807, 2.05) is 24.3 Å². The van der Waals surface area contributed by atoms with Crippen molar-refractivity contribution >= 4 is 17.6 Å². The first-order valence-corrected chi connectivity index (χ1v) is 8.20. The Morgan fingerprint density at radius 3 is 2.62 bits per heavy atom. The van der Waals surface area contributed by atoms with Gasteiger partial charge in [-0.1, -0.05) is 23.7 Å². The zero-order chi connectivity index (χ0) is 18.9. The van der Waals surface area contributed by atoms with Gasteiger partial charge in [-0.25, -0.2) is 0 Å². The number of methoxy groups -OCH3 is 1. The molecule has 0 atom stereocenters. The summed E-state index contributed by atoms with van der Waals surface area (Å²) in [7, 11) is 3.23. The second-order valence-electron chi connectivity index (χ2n) is 5.26. The lowest BCUT2D eigenvalue weighted by Crippen LogP contribution is -2.36. The molecule has 2 aromatic rings. The van der Waals surface area contributed by atoms with Gasteiger partial charge < -0.3 is 20.1 Å². The van der Waals surface area contributed by atoms with Gasteiger partial charge in [-0.2, -0.15) is 8.78 Å². The quantitative estimate of drug-likeness (QED) is 0.564. The van der Waals surface area contributed by atoms with Crippen LogP contribution in [-0.2, 0) is 13.1 Å². The van der Waals surface area contributed by atoms with Crippen molar-refractivity contribution in [2.75, 3.05) is 14.2 Å². The van der Waals surface area contributed by atoms with Crippen LogP contribution in [0.3, 0.4) is 0 Å². The van der Waals surface area contributed by atoms with Crippen molar-refractivity contribution in [1.82, 2.24) is 10.6 Å². The molecule has 0 spiro atoms. The third-order valence-electron chi connectivity index (χ3n) is 3.50. The predicted octanol–water partition coefficient (Wildman–Crippen LogP) is 3.82. The monoisotopic (exact) mass is 383 g/mol. The molecule has 0 aliphatic carbocycles. The van der Waals surface area contributed by atoms with E-state index in [0.29, 0.717) is 23.1 Å². The second-order valence-corrected chi connectivity index (χ2v) is 5.70. The van der Waals surface area contributed by atoms with Crippen molar-refractivity contribution in [2.45, 2.75) is 19.7 Å². The summed E-state index contributed by atoms with van der Waals surface area (Å²) in [5, 5.41) is 6.63. The lowest BCUT2D eigenvalue weighted by atomic mass is 10.2. The molecule has 0 radical (unpaired) electrons. The van der Waals surface area contributed by atoms with Crippen LogP contribution in [-0.4, -0.2) is 26.7 Å². The summed E-state index contributed by atoms with van der Waals surface area (Å²) >= 11 is 5.94. The fourth-order valence-electron chi connectivity index (χ4n) is 2.26. The Hall–Kier alpha value is -2.54. The van der Waals surface area contributed by atoms with Gasteiger partial charge in [0.25, 0.3) is 0 Å². The standard InChI is InChI=1S/C18H20ClF2N3O2/c1-22-18(23-10-12-4-3-5-15(8-12)25-2)24-11-13-9-14(19)6-7-16(13)26-17(20)21/h3-9,17H,10-11H2,1-2H3,(H2,22,23,24). The molecule has 0 heterocycles. The lowest BCUT2D eigenvalue weighted by Gasteiger charge is -2.15. The molecule has 0 amide bonds. The van der Waals surface area contributed by atoms with Gasteiger partial charge in [0.2, 0.25) is 0 Å². The maximum atomic E-state index is 12.5. The molecule has 2 rings (SSSR count). The number of hydrogen-bond donors (Lipinski definition) is 2. The van der Waals surface area contributed by atoms with E-state index in [4.69, 9.17) is 16.3 Å². The topological polar surface area (TPSA) is 54.9 Å². The second kappa shape index (κ2) is 9.82. The minimum atomic E-state index is -2.90. The van der Waals surface area contributed by atoms with Crippen LogP contribution in [0.25, 0.3) is 0 Å². The summed E-state index contributed by atoms with van der Waals surface area (Å²) in [6.45, 7) is -2.16. The van der Waals surface area contributed by atoms with Gasteiger partial charge in [-0.15, -0.1) is 0 Å². The van der Waals surface area contributed by atoms with Crippen molar-refractivity contribution < 1.29 is 18.3 Å². The predicted molar refractivity (Wildman–Crippen MR) is 98.1 cm³/mol. The van der Waals surface area contributed by atoms with Gasteiger partial charge >= 0.3 is 6.61 Å². The molecule has 2 N–H and O–H groups in total. The van der Waals surface area contributed by atoms with Gasteiger partial charge in [0, 0.05) is 30.7 Å². The zero-order valence-corrected chi connectivity index (χ0v) is 15.2. The molecule has 0 saturated carbocycles. The van der Waals surface area contributed by atoms with Crippen LogP contribution in [0.2, 0.25) is 5.02 Å². The van der Waals surface area contributed by atoms with Crippen LogP contribution in [0.15, 0.2) is 47.5 Å².